The van der Waals surface area contributed by atoms with Crippen molar-refractivity contribution in [1.29, 1.82) is 0 Å². The topological polar surface area (TPSA) is 58.0 Å². The van der Waals surface area contributed by atoms with Crippen LogP contribution in [0.25, 0.3) is 0 Å². The minimum atomic E-state index is 0.811. The Kier molecular flexibility index (Phi) is 3.06. The lowest BCUT2D eigenvalue weighted by molar-refractivity contribution is 0.638. The van der Waals surface area contributed by atoms with Crippen molar-refractivity contribution in [2.75, 3.05) is 36.0 Å². The summed E-state index contributed by atoms with van der Waals surface area (Å²) >= 11 is 1.47. The maximum absolute atomic E-state index is 4.42. The van der Waals surface area contributed by atoms with Crippen LogP contribution in [0.1, 0.15) is 5.82 Å². The summed E-state index contributed by atoms with van der Waals surface area (Å²) in [6.45, 7) is 5.64. The average molecular weight is 262 g/mol. The molecule has 0 spiro atoms. The molecular weight excluding hydrogens is 248 g/mol. The first-order valence-corrected chi connectivity index (χ1v) is 6.67. The zero-order valence-electron chi connectivity index (χ0n) is 10.2. The lowest BCUT2D eigenvalue weighted by Crippen LogP contribution is -2.47. The van der Waals surface area contributed by atoms with Gasteiger partial charge >= 0.3 is 0 Å². The van der Waals surface area contributed by atoms with Gasteiger partial charge in [0.15, 0.2) is 0 Å². The first-order valence-electron chi connectivity index (χ1n) is 5.90. The fraction of sp³-hybridized carbons (Fsp3) is 0.455. The fourth-order valence-corrected chi connectivity index (χ4v) is 2.69. The highest BCUT2D eigenvalue weighted by Crippen LogP contribution is 2.19. The molecule has 0 amide bonds. The number of hydrogen-bond acceptors (Lipinski definition) is 7. The molecule has 1 aliphatic heterocycles. The molecule has 0 saturated carbocycles. The van der Waals surface area contributed by atoms with Crippen LogP contribution in [0.3, 0.4) is 0 Å². The molecule has 6 nitrogen and oxygen atoms in total. The van der Waals surface area contributed by atoms with Crippen LogP contribution < -0.4 is 9.80 Å². The molecular formula is C11H14N6S. The molecule has 94 valence electrons. The molecule has 0 atom stereocenters. The predicted octanol–water partition coefficient (Wildman–Crippen LogP) is 0.963. The van der Waals surface area contributed by atoms with Crippen LogP contribution in [-0.2, 0) is 0 Å². The number of anilines is 2. The number of rotatable bonds is 2. The summed E-state index contributed by atoms with van der Waals surface area (Å²) in [4.78, 5) is 17.4. The van der Waals surface area contributed by atoms with Gasteiger partial charge in [-0.25, -0.2) is 15.0 Å². The third-order valence-electron chi connectivity index (χ3n) is 2.90. The van der Waals surface area contributed by atoms with E-state index in [1.165, 1.54) is 11.5 Å². The van der Waals surface area contributed by atoms with E-state index in [2.05, 4.69) is 29.1 Å². The van der Waals surface area contributed by atoms with Crippen LogP contribution in [0.4, 0.5) is 11.1 Å². The Morgan fingerprint density at radius 2 is 1.72 bits per heavy atom. The Labute approximate surface area is 109 Å². The van der Waals surface area contributed by atoms with Gasteiger partial charge in [-0.15, -0.1) is 0 Å². The minimum Gasteiger partial charge on any atom is -0.343 e. The molecule has 1 fully saturated rings. The van der Waals surface area contributed by atoms with Gasteiger partial charge in [-0.2, -0.15) is 4.37 Å². The van der Waals surface area contributed by atoms with Gasteiger partial charge in [0, 0.05) is 50.1 Å². The standard InChI is InChI=1S/C11H14N6S/c1-9-14-11(18-15-9)17-7-5-16(6-8-17)10-12-3-2-4-13-10/h2-4H,5-8H2,1H3. The molecule has 1 aliphatic rings. The Hall–Kier alpha value is -1.76. The van der Waals surface area contributed by atoms with E-state index in [-0.39, 0.29) is 0 Å². The largest absolute Gasteiger partial charge is 0.343 e. The molecule has 2 aromatic heterocycles. The molecule has 7 heteroatoms. The van der Waals surface area contributed by atoms with Crippen molar-refractivity contribution in [3.63, 3.8) is 0 Å². The van der Waals surface area contributed by atoms with Crippen LogP contribution >= 0.6 is 11.5 Å². The van der Waals surface area contributed by atoms with Gasteiger partial charge in [-0.3, -0.25) is 0 Å². The second-order valence-corrected chi connectivity index (χ2v) is 4.88. The molecule has 18 heavy (non-hydrogen) atoms. The molecule has 2 aromatic rings. The first kappa shape index (κ1) is 11.3. The van der Waals surface area contributed by atoms with E-state index >= 15 is 0 Å². The average Bonchev–Trinajstić information content (AvgIpc) is 2.87. The van der Waals surface area contributed by atoms with E-state index < -0.39 is 0 Å². The Morgan fingerprint density at radius 3 is 2.33 bits per heavy atom. The van der Waals surface area contributed by atoms with Gasteiger partial charge in [-0.05, 0) is 13.0 Å². The van der Waals surface area contributed by atoms with Crippen molar-refractivity contribution in [2.45, 2.75) is 6.92 Å². The van der Waals surface area contributed by atoms with Crippen LogP contribution in [0.5, 0.6) is 0 Å². The van der Waals surface area contributed by atoms with Crippen LogP contribution in [0, 0.1) is 6.92 Å². The predicted molar refractivity (Wildman–Crippen MR) is 71.1 cm³/mol. The lowest BCUT2D eigenvalue weighted by Gasteiger charge is -2.34. The smallest absolute Gasteiger partial charge is 0.225 e. The van der Waals surface area contributed by atoms with Crippen LogP contribution in [0.15, 0.2) is 18.5 Å². The molecule has 0 unspecified atom stereocenters. The van der Waals surface area contributed by atoms with Gasteiger partial charge in [-0.1, -0.05) is 0 Å². The summed E-state index contributed by atoms with van der Waals surface area (Å²) in [6, 6.07) is 1.84. The number of aromatic nitrogens is 4. The number of piperazine rings is 1. The Balaban J connectivity index is 1.65. The molecule has 0 N–H and O–H groups in total. The maximum atomic E-state index is 4.42. The summed E-state index contributed by atoms with van der Waals surface area (Å²) in [7, 11) is 0. The van der Waals surface area contributed by atoms with Gasteiger partial charge in [0.05, 0.1) is 0 Å². The summed E-state index contributed by atoms with van der Waals surface area (Å²) < 4.78 is 4.22. The number of aryl methyl sites for hydroxylation is 1. The zero-order chi connectivity index (χ0) is 12.4. The Bertz CT molecular complexity index is 505. The lowest BCUT2D eigenvalue weighted by atomic mass is 10.3. The van der Waals surface area contributed by atoms with Crippen molar-refractivity contribution in [2.24, 2.45) is 0 Å². The third kappa shape index (κ3) is 2.26. The van der Waals surface area contributed by atoms with Gasteiger partial charge in [0.1, 0.15) is 5.82 Å². The maximum Gasteiger partial charge on any atom is 0.225 e. The molecule has 0 bridgehead atoms. The normalized spacial score (nSPS) is 16.1. The summed E-state index contributed by atoms with van der Waals surface area (Å²) in [5, 5.41) is 1.01. The van der Waals surface area contributed by atoms with Crippen molar-refractivity contribution in [3.8, 4) is 0 Å². The highest BCUT2D eigenvalue weighted by Gasteiger charge is 2.20. The van der Waals surface area contributed by atoms with E-state index in [4.69, 9.17) is 0 Å². The van der Waals surface area contributed by atoms with E-state index in [1.54, 1.807) is 12.4 Å². The van der Waals surface area contributed by atoms with Crippen LogP contribution in [-0.4, -0.2) is 45.5 Å². The molecule has 3 heterocycles. The fourth-order valence-electron chi connectivity index (χ4n) is 1.97. The summed E-state index contributed by atoms with van der Waals surface area (Å²) in [5.41, 5.74) is 0. The van der Waals surface area contributed by atoms with Gasteiger partial charge in [0.2, 0.25) is 11.1 Å². The molecule has 1 saturated heterocycles. The van der Waals surface area contributed by atoms with E-state index in [9.17, 15) is 0 Å². The monoisotopic (exact) mass is 262 g/mol. The quantitative estimate of drug-likeness (QED) is 0.803. The highest BCUT2D eigenvalue weighted by molar-refractivity contribution is 7.09. The van der Waals surface area contributed by atoms with Gasteiger partial charge < -0.3 is 9.80 Å². The summed E-state index contributed by atoms with van der Waals surface area (Å²) in [6.07, 6.45) is 3.56. The zero-order valence-corrected chi connectivity index (χ0v) is 11.0. The van der Waals surface area contributed by atoms with Crippen molar-refractivity contribution in [3.05, 3.63) is 24.3 Å². The molecule has 0 aliphatic carbocycles. The first-order chi connectivity index (χ1) is 8.83. The third-order valence-corrected chi connectivity index (χ3v) is 3.77. The number of hydrogen-bond donors (Lipinski definition) is 0. The summed E-state index contributed by atoms with van der Waals surface area (Å²) in [5.74, 6) is 1.66. The van der Waals surface area contributed by atoms with Crippen LogP contribution in [0.2, 0.25) is 0 Å². The molecule has 0 aromatic carbocycles. The van der Waals surface area contributed by atoms with E-state index in [0.717, 1.165) is 43.1 Å². The molecule has 0 radical (unpaired) electrons. The van der Waals surface area contributed by atoms with Crippen molar-refractivity contribution < 1.29 is 0 Å². The second-order valence-electron chi connectivity index (χ2n) is 4.15. The van der Waals surface area contributed by atoms with Gasteiger partial charge in [0.25, 0.3) is 0 Å². The molecule has 3 rings (SSSR count). The van der Waals surface area contributed by atoms with Crippen molar-refractivity contribution in [1.82, 2.24) is 19.3 Å². The Morgan fingerprint density at radius 1 is 1.06 bits per heavy atom. The SMILES string of the molecule is Cc1nsc(N2CCN(c3ncccn3)CC2)n1. The number of nitrogens with zero attached hydrogens (tertiary/aromatic N) is 6. The van der Waals surface area contributed by atoms with E-state index in [0.29, 0.717) is 0 Å². The second kappa shape index (κ2) is 4.85. The highest BCUT2D eigenvalue weighted by atomic mass is 32.1. The van der Waals surface area contributed by atoms with Crippen molar-refractivity contribution >= 4 is 22.6 Å². The van der Waals surface area contributed by atoms with E-state index in [1.807, 2.05) is 13.0 Å². The minimum absolute atomic E-state index is 0.811.